The number of benzene rings is 1. The van der Waals surface area contributed by atoms with Crippen LogP contribution in [0.15, 0.2) is 18.2 Å². The Morgan fingerprint density at radius 3 is 2.81 bits per heavy atom. The Kier molecular flexibility index (Phi) is 2.50. The summed E-state index contributed by atoms with van der Waals surface area (Å²) in [6, 6.07) is 4.73. The van der Waals surface area contributed by atoms with Gasteiger partial charge in [-0.3, -0.25) is 0 Å². The van der Waals surface area contributed by atoms with Crippen LogP contribution in [0.2, 0.25) is 0 Å². The number of hydrogen-bond donors (Lipinski definition) is 3. The van der Waals surface area contributed by atoms with Crippen molar-refractivity contribution in [1.29, 1.82) is 0 Å². The van der Waals surface area contributed by atoms with Crippen molar-refractivity contribution in [3.63, 3.8) is 0 Å². The van der Waals surface area contributed by atoms with Crippen LogP contribution in [0.4, 0.5) is 11.4 Å². The molecule has 2 rings (SSSR count). The first-order valence-corrected chi connectivity index (χ1v) is 5.37. The first-order chi connectivity index (χ1) is 7.50. The molecular weight excluding hydrogens is 204 g/mol. The number of rotatable bonds is 4. The molecule has 86 valence electrons. The molecule has 0 spiro atoms. The van der Waals surface area contributed by atoms with Crippen LogP contribution in [0.25, 0.3) is 0 Å². The quantitative estimate of drug-likeness (QED) is 0.680. The number of nitrogens with two attached hydrogens (primary N) is 1. The normalized spacial score (nSPS) is 16.8. The number of carboxylic acid groups (broad SMARTS) is 1. The molecule has 4 heteroatoms. The Morgan fingerprint density at radius 2 is 2.25 bits per heavy atom. The van der Waals surface area contributed by atoms with Gasteiger partial charge in [0.15, 0.2) is 0 Å². The summed E-state index contributed by atoms with van der Waals surface area (Å²) in [6.45, 7) is 3.05. The SMILES string of the molecule is CC1(CNc2cc(C(=O)O)ccc2N)CC1. The number of anilines is 2. The number of hydrogen-bond acceptors (Lipinski definition) is 3. The third-order valence-electron chi connectivity index (χ3n) is 3.11. The highest BCUT2D eigenvalue weighted by atomic mass is 16.4. The van der Waals surface area contributed by atoms with E-state index in [0.717, 1.165) is 6.54 Å². The smallest absolute Gasteiger partial charge is 0.335 e. The van der Waals surface area contributed by atoms with Crippen molar-refractivity contribution in [3.8, 4) is 0 Å². The maximum Gasteiger partial charge on any atom is 0.335 e. The predicted molar refractivity (Wildman–Crippen MR) is 63.6 cm³/mol. The molecule has 1 fully saturated rings. The fourth-order valence-electron chi connectivity index (χ4n) is 1.54. The molecule has 1 saturated carbocycles. The van der Waals surface area contributed by atoms with E-state index in [0.29, 0.717) is 16.8 Å². The number of aromatic carboxylic acids is 1. The molecule has 0 atom stereocenters. The summed E-state index contributed by atoms with van der Waals surface area (Å²) in [5, 5.41) is 12.1. The van der Waals surface area contributed by atoms with Gasteiger partial charge in [-0.05, 0) is 36.5 Å². The van der Waals surface area contributed by atoms with Gasteiger partial charge in [0.25, 0.3) is 0 Å². The second kappa shape index (κ2) is 3.70. The lowest BCUT2D eigenvalue weighted by Gasteiger charge is -2.13. The summed E-state index contributed by atoms with van der Waals surface area (Å²) in [5.74, 6) is -0.930. The van der Waals surface area contributed by atoms with E-state index < -0.39 is 5.97 Å². The zero-order chi connectivity index (χ0) is 11.8. The van der Waals surface area contributed by atoms with Crippen molar-refractivity contribution < 1.29 is 9.90 Å². The summed E-state index contributed by atoms with van der Waals surface area (Å²) >= 11 is 0. The van der Waals surface area contributed by atoms with E-state index in [1.807, 2.05) is 0 Å². The minimum absolute atomic E-state index is 0.262. The van der Waals surface area contributed by atoms with Gasteiger partial charge in [-0.2, -0.15) is 0 Å². The lowest BCUT2D eigenvalue weighted by molar-refractivity contribution is 0.0697. The van der Waals surface area contributed by atoms with E-state index in [9.17, 15) is 4.79 Å². The van der Waals surface area contributed by atoms with Gasteiger partial charge in [-0.1, -0.05) is 6.92 Å². The molecule has 1 aromatic carbocycles. The van der Waals surface area contributed by atoms with Gasteiger partial charge in [0.05, 0.1) is 16.9 Å². The Morgan fingerprint density at radius 1 is 1.56 bits per heavy atom. The molecule has 0 heterocycles. The van der Waals surface area contributed by atoms with Crippen molar-refractivity contribution in [2.75, 3.05) is 17.6 Å². The summed E-state index contributed by atoms with van der Waals surface area (Å²) in [4.78, 5) is 10.8. The molecule has 0 unspecified atom stereocenters. The molecule has 0 aromatic heterocycles. The molecule has 1 aliphatic rings. The molecule has 4 nitrogen and oxygen atoms in total. The largest absolute Gasteiger partial charge is 0.478 e. The first-order valence-electron chi connectivity index (χ1n) is 5.37. The molecule has 0 amide bonds. The predicted octanol–water partition coefficient (Wildman–Crippen LogP) is 2.18. The molecule has 1 aromatic rings. The lowest BCUT2D eigenvalue weighted by atomic mass is 10.1. The van der Waals surface area contributed by atoms with Crippen molar-refractivity contribution in [3.05, 3.63) is 23.8 Å². The maximum atomic E-state index is 10.8. The minimum Gasteiger partial charge on any atom is -0.478 e. The molecule has 16 heavy (non-hydrogen) atoms. The van der Waals surface area contributed by atoms with Crippen LogP contribution < -0.4 is 11.1 Å². The number of nitrogens with one attached hydrogen (secondary N) is 1. The van der Waals surface area contributed by atoms with Crippen LogP contribution in [0, 0.1) is 5.41 Å². The Bertz CT molecular complexity index is 425. The van der Waals surface area contributed by atoms with E-state index in [1.165, 1.54) is 18.9 Å². The van der Waals surface area contributed by atoms with E-state index in [2.05, 4.69) is 12.2 Å². The van der Waals surface area contributed by atoms with Crippen LogP contribution in [0.5, 0.6) is 0 Å². The second-order valence-corrected chi connectivity index (χ2v) is 4.77. The highest BCUT2D eigenvalue weighted by Crippen LogP contribution is 2.45. The molecule has 1 aliphatic carbocycles. The summed E-state index contributed by atoms with van der Waals surface area (Å²) in [6.07, 6.45) is 2.44. The zero-order valence-corrected chi connectivity index (χ0v) is 9.29. The van der Waals surface area contributed by atoms with Crippen LogP contribution in [-0.4, -0.2) is 17.6 Å². The van der Waals surface area contributed by atoms with E-state index in [1.54, 1.807) is 12.1 Å². The highest BCUT2D eigenvalue weighted by Gasteiger charge is 2.36. The van der Waals surface area contributed by atoms with Gasteiger partial charge in [-0.15, -0.1) is 0 Å². The van der Waals surface area contributed by atoms with Crippen molar-refractivity contribution >= 4 is 17.3 Å². The summed E-state index contributed by atoms with van der Waals surface area (Å²) in [5.41, 5.74) is 7.72. The Balaban J connectivity index is 2.12. The first kappa shape index (κ1) is 10.8. The second-order valence-electron chi connectivity index (χ2n) is 4.77. The Hall–Kier alpha value is -1.71. The minimum atomic E-state index is -0.930. The average molecular weight is 220 g/mol. The van der Waals surface area contributed by atoms with E-state index in [-0.39, 0.29) is 5.56 Å². The van der Waals surface area contributed by atoms with Crippen molar-refractivity contribution in [2.24, 2.45) is 5.41 Å². The zero-order valence-electron chi connectivity index (χ0n) is 9.29. The van der Waals surface area contributed by atoms with Gasteiger partial charge in [0.2, 0.25) is 0 Å². The van der Waals surface area contributed by atoms with Crippen molar-refractivity contribution in [2.45, 2.75) is 19.8 Å². The molecule has 0 radical (unpaired) electrons. The van der Waals surface area contributed by atoms with Crippen LogP contribution in [-0.2, 0) is 0 Å². The fraction of sp³-hybridized carbons (Fsp3) is 0.417. The van der Waals surface area contributed by atoms with E-state index in [4.69, 9.17) is 10.8 Å². The molecule has 0 aliphatic heterocycles. The van der Waals surface area contributed by atoms with Crippen LogP contribution in [0.3, 0.4) is 0 Å². The Labute approximate surface area is 94.5 Å². The number of nitrogen functional groups attached to an aromatic ring is 1. The van der Waals surface area contributed by atoms with Gasteiger partial charge in [-0.25, -0.2) is 4.79 Å². The lowest BCUT2D eigenvalue weighted by Crippen LogP contribution is -2.13. The van der Waals surface area contributed by atoms with Gasteiger partial charge >= 0.3 is 5.97 Å². The maximum absolute atomic E-state index is 10.8. The number of carbonyl (C=O) groups is 1. The molecule has 0 saturated heterocycles. The third kappa shape index (κ3) is 2.27. The third-order valence-corrected chi connectivity index (χ3v) is 3.11. The molecular formula is C12H16N2O2. The fourth-order valence-corrected chi connectivity index (χ4v) is 1.54. The highest BCUT2D eigenvalue weighted by molar-refractivity contribution is 5.90. The van der Waals surface area contributed by atoms with Gasteiger partial charge in [0, 0.05) is 6.54 Å². The molecule has 0 bridgehead atoms. The van der Waals surface area contributed by atoms with Gasteiger partial charge < -0.3 is 16.2 Å². The summed E-state index contributed by atoms with van der Waals surface area (Å²) in [7, 11) is 0. The van der Waals surface area contributed by atoms with Crippen LogP contribution in [0.1, 0.15) is 30.1 Å². The average Bonchev–Trinajstić information content (AvgIpc) is 2.95. The topological polar surface area (TPSA) is 75.3 Å². The number of carboxylic acids is 1. The molecule has 4 N–H and O–H groups in total. The summed E-state index contributed by atoms with van der Waals surface area (Å²) < 4.78 is 0. The monoisotopic (exact) mass is 220 g/mol. The van der Waals surface area contributed by atoms with Crippen molar-refractivity contribution in [1.82, 2.24) is 0 Å². The van der Waals surface area contributed by atoms with Gasteiger partial charge in [0.1, 0.15) is 0 Å². The van der Waals surface area contributed by atoms with Crippen LogP contribution >= 0.6 is 0 Å². The standard InChI is InChI=1S/C12H16N2O2/c1-12(4-5-12)7-14-10-6-8(11(15)16)2-3-9(10)13/h2-3,6,14H,4-5,7,13H2,1H3,(H,15,16). The van der Waals surface area contributed by atoms with E-state index >= 15 is 0 Å².